The van der Waals surface area contributed by atoms with E-state index < -0.39 is 11.2 Å². The van der Waals surface area contributed by atoms with E-state index in [1.54, 1.807) is 13.8 Å². The molecule has 2 aromatic rings. The van der Waals surface area contributed by atoms with Gasteiger partial charge < -0.3 is 19.6 Å². The number of hydrogen-bond donors (Lipinski definition) is 1. The number of benzene rings is 1. The number of aliphatic hydroxyl groups is 1. The van der Waals surface area contributed by atoms with E-state index in [1.807, 2.05) is 55.1 Å². The molecule has 1 aromatic carbocycles. The minimum atomic E-state index is -0.956. The van der Waals surface area contributed by atoms with Gasteiger partial charge in [0, 0.05) is 44.2 Å². The topological polar surface area (TPSA) is 78.8 Å². The second-order valence-corrected chi connectivity index (χ2v) is 9.82. The van der Waals surface area contributed by atoms with Crippen LogP contribution in [0.15, 0.2) is 36.4 Å². The molecule has 2 atom stereocenters. The quantitative estimate of drug-likeness (QED) is 0.761. The zero-order chi connectivity index (χ0) is 22.9. The Labute approximate surface area is 190 Å². The van der Waals surface area contributed by atoms with E-state index >= 15 is 0 Å². The Morgan fingerprint density at radius 2 is 1.94 bits per heavy atom. The number of carbonyl (C=O) groups is 1. The van der Waals surface area contributed by atoms with Crippen molar-refractivity contribution in [2.45, 2.75) is 70.6 Å². The number of amides is 1. The standard InChI is InChI=1S/C25H34N4O3/c1-18-15-22(27-19(2)26-18)28-13-8-11-21(16-28)29-14-12-25(32-23(29)30,17-24(3,4)31)20-9-6-5-7-10-20/h5-7,9-10,15,21,31H,8,11-14,16-17H2,1-4H3. The van der Waals surface area contributed by atoms with Gasteiger partial charge in [-0.15, -0.1) is 0 Å². The van der Waals surface area contributed by atoms with E-state index in [2.05, 4.69) is 14.9 Å². The fourth-order valence-corrected chi connectivity index (χ4v) is 5.15. The summed E-state index contributed by atoms with van der Waals surface area (Å²) in [5.74, 6) is 1.68. The Hall–Kier alpha value is -2.67. The smallest absolute Gasteiger partial charge is 0.410 e. The minimum absolute atomic E-state index is 0.0720. The first-order valence-electron chi connectivity index (χ1n) is 11.5. The Balaban J connectivity index is 1.52. The van der Waals surface area contributed by atoms with Crippen LogP contribution in [0.5, 0.6) is 0 Å². The van der Waals surface area contributed by atoms with Crippen molar-refractivity contribution in [2.24, 2.45) is 0 Å². The van der Waals surface area contributed by atoms with Gasteiger partial charge in [0.05, 0.1) is 11.6 Å². The van der Waals surface area contributed by atoms with E-state index in [1.165, 1.54) is 0 Å². The molecule has 32 heavy (non-hydrogen) atoms. The predicted molar refractivity (Wildman–Crippen MR) is 124 cm³/mol. The van der Waals surface area contributed by atoms with Crippen LogP contribution in [0.4, 0.5) is 10.6 Å². The molecule has 0 radical (unpaired) electrons. The first-order chi connectivity index (χ1) is 15.2. The summed E-state index contributed by atoms with van der Waals surface area (Å²) in [4.78, 5) is 26.4. The van der Waals surface area contributed by atoms with Gasteiger partial charge in [0.25, 0.3) is 0 Å². The number of piperidine rings is 1. The first kappa shape index (κ1) is 22.5. The number of ether oxygens (including phenoxy) is 1. The Kier molecular flexibility index (Phi) is 6.12. The van der Waals surface area contributed by atoms with E-state index in [0.717, 1.165) is 48.8 Å². The van der Waals surface area contributed by atoms with Gasteiger partial charge in [-0.2, -0.15) is 0 Å². The van der Waals surface area contributed by atoms with Crippen LogP contribution in [0, 0.1) is 13.8 Å². The minimum Gasteiger partial charge on any atom is -0.438 e. The SMILES string of the molecule is Cc1cc(N2CCCC(N3CCC(CC(C)(C)O)(c4ccccc4)OC3=O)C2)nc(C)n1. The lowest BCUT2D eigenvalue weighted by Gasteiger charge is -2.47. The molecule has 1 N–H and O–H groups in total. The van der Waals surface area contributed by atoms with Crippen molar-refractivity contribution < 1.29 is 14.6 Å². The summed E-state index contributed by atoms with van der Waals surface area (Å²) >= 11 is 0. The number of aryl methyl sites for hydroxylation is 2. The Morgan fingerprint density at radius 1 is 1.19 bits per heavy atom. The first-order valence-corrected chi connectivity index (χ1v) is 11.5. The lowest BCUT2D eigenvalue weighted by molar-refractivity contribution is -0.102. The highest BCUT2D eigenvalue weighted by atomic mass is 16.6. The lowest BCUT2D eigenvalue weighted by atomic mass is 9.80. The van der Waals surface area contributed by atoms with Gasteiger partial charge in [-0.25, -0.2) is 14.8 Å². The predicted octanol–water partition coefficient (Wildman–Crippen LogP) is 3.96. The molecule has 2 fully saturated rings. The molecule has 7 heteroatoms. The maximum atomic E-state index is 13.3. The summed E-state index contributed by atoms with van der Waals surface area (Å²) < 4.78 is 6.16. The van der Waals surface area contributed by atoms with Crippen LogP contribution < -0.4 is 4.90 Å². The third-order valence-corrected chi connectivity index (χ3v) is 6.41. The van der Waals surface area contributed by atoms with Crippen LogP contribution in [0.3, 0.4) is 0 Å². The average molecular weight is 439 g/mol. The number of anilines is 1. The Morgan fingerprint density at radius 3 is 2.59 bits per heavy atom. The highest BCUT2D eigenvalue weighted by Crippen LogP contribution is 2.41. The molecule has 4 rings (SSSR count). The van der Waals surface area contributed by atoms with Gasteiger partial charge >= 0.3 is 6.09 Å². The number of rotatable bonds is 5. The van der Waals surface area contributed by atoms with E-state index in [-0.39, 0.29) is 12.1 Å². The molecular weight excluding hydrogens is 404 g/mol. The third kappa shape index (κ3) is 4.88. The van der Waals surface area contributed by atoms with Gasteiger partial charge in [-0.3, -0.25) is 0 Å². The Bertz CT molecular complexity index is 939. The van der Waals surface area contributed by atoms with Gasteiger partial charge in [0.1, 0.15) is 17.2 Å². The van der Waals surface area contributed by atoms with Crippen LogP contribution in [-0.4, -0.2) is 57.3 Å². The summed E-state index contributed by atoms with van der Waals surface area (Å²) in [5.41, 5.74) is 0.115. The van der Waals surface area contributed by atoms with Crippen LogP contribution in [0.25, 0.3) is 0 Å². The molecule has 0 saturated carbocycles. The van der Waals surface area contributed by atoms with Crippen LogP contribution >= 0.6 is 0 Å². The van der Waals surface area contributed by atoms with E-state index in [0.29, 0.717) is 19.4 Å². The highest BCUT2D eigenvalue weighted by Gasteiger charge is 2.47. The number of aromatic nitrogens is 2. The normalized spacial score (nSPS) is 24.4. The highest BCUT2D eigenvalue weighted by molar-refractivity contribution is 5.70. The second-order valence-electron chi connectivity index (χ2n) is 9.82. The zero-order valence-electron chi connectivity index (χ0n) is 19.5. The molecule has 2 aliphatic rings. The van der Waals surface area contributed by atoms with Crippen molar-refractivity contribution in [1.29, 1.82) is 0 Å². The van der Waals surface area contributed by atoms with Crippen molar-refractivity contribution in [3.05, 3.63) is 53.5 Å². The van der Waals surface area contributed by atoms with Crippen LogP contribution in [0.2, 0.25) is 0 Å². The van der Waals surface area contributed by atoms with Crippen molar-refractivity contribution in [2.75, 3.05) is 24.5 Å². The summed E-state index contributed by atoms with van der Waals surface area (Å²) in [7, 11) is 0. The molecule has 2 unspecified atom stereocenters. The molecule has 2 aliphatic heterocycles. The number of hydrogen-bond acceptors (Lipinski definition) is 6. The fraction of sp³-hybridized carbons (Fsp3) is 0.560. The summed E-state index contributed by atoms with van der Waals surface area (Å²) in [6.45, 7) is 9.67. The maximum Gasteiger partial charge on any atom is 0.410 e. The molecule has 7 nitrogen and oxygen atoms in total. The summed E-state index contributed by atoms with van der Waals surface area (Å²) in [5, 5.41) is 10.6. The van der Waals surface area contributed by atoms with Crippen molar-refractivity contribution in [1.82, 2.24) is 14.9 Å². The average Bonchev–Trinajstić information content (AvgIpc) is 2.73. The summed E-state index contributed by atoms with van der Waals surface area (Å²) in [6.07, 6.45) is 2.64. The molecule has 0 bridgehead atoms. The number of nitrogens with zero attached hydrogens (tertiary/aromatic N) is 4. The van der Waals surface area contributed by atoms with E-state index in [4.69, 9.17) is 4.74 Å². The molecule has 3 heterocycles. The molecule has 2 saturated heterocycles. The monoisotopic (exact) mass is 438 g/mol. The number of cyclic esters (lactones) is 1. The molecule has 172 valence electrons. The van der Waals surface area contributed by atoms with Crippen molar-refractivity contribution in [3.8, 4) is 0 Å². The lowest BCUT2D eigenvalue weighted by Crippen LogP contribution is -2.57. The van der Waals surface area contributed by atoms with E-state index in [9.17, 15) is 9.90 Å². The van der Waals surface area contributed by atoms with Crippen LogP contribution in [0.1, 0.15) is 56.6 Å². The molecule has 0 spiro atoms. The molecular formula is C25H34N4O3. The molecule has 1 amide bonds. The molecule has 0 aliphatic carbocycles. The van der Waals surface area contributed by atoms with Crippen molar-refractivity contribution in [3.63, 3.8) is 0 Å². The van der Waals surface area contributed by atoms with Gasteiger partial charge in [-0.1, -0.05) is 30.3 Å². The number of carbonyl (C=O) groups excluding carboxylic acids is 1. The zero-order valence-corrected chi connectivity index (χ0v) is 19.5. The van der Waals surface area contributed by atoms with Gasteiger partial charge in [-0.05, 0) is 46.1 Å². The van der Waals surface area contributed by atoms with Crippen LogP contribution in [-0.2, 0) is 10.3 Å². The van der Waals surface area contributed by atoms with Crippen molar-refractivity contribution >= 4 is 11.9 Å². The van der Waals surface area contributed by atoms with Gasteiger partial charge in [0.2, 0.25) is 0 Å². The second kappa shape index (κ2) is 8.70. The maximum absolute atomic E-state index is 13.3. The molecule has 1 aromatic heterocycles. The largest absolute Gasteiger partial charge is 0.438 e. The fourth-order valence-electron chi connectivity index (χ4n) is 5.15. The third-order valence-electron chi connectivity index (χ3n) is 6.41. The van der Waals surface area contributed by atoms with Gasteiger partial charge in [0.15, 0.2) is 0 Å². The summed E-state index contributed by atoms with van der Waals surface area (Å²) in [6, 6.07) is 11.9.